The molecule has 2 atom stereocenters. The number of halogens is 2. The highest BCUT2D eigenvalue weighted by atomic mass is 19.1. The Labute approximate surface area is 105 Å². The van der Waals surface area contributed by atoms with Crippen molar-refractivity contribution in [2.75, 3.05) is 19.7 Å². The van der Waals surface area contributed by atoms with Crippen LogP contribution in [0.2, 0.25) is 0 Å². The van der Waals surface area contributed by atoms with Crippen molar-refractivity contribution < 1.29 is 18.6 Å². The first-order valence-electron chi connectivity index (χ1n) is 6.13. The minimum atomic E-state index is -1.19. The Morgan fingerprint density at radius 1 is 1.39 bits per heavy atom. The molecule has 2 rings (SSSR count). The Bertz CT molecular complexity index is 374. The van der Waals surface area contributed by atoms with Gasteiger partial charge in [-0.15, -0.1) is 0 Å². The Kier molecular flexibility index (Phi) is 4.63. The zero-order valence-electron chi connectivity index (χ0n) is 10.0. The topological polar surface area (TPSA) is 41.5 Å². The minimum absolute atomic E-state index is 0.109. The number of benzene rings is 1. The van der Waals surface area contributed by atoms with Crippen molar-refractivity contribution in [1.29, 1.82) is 0 Å². The van der Waals surface area contributed by atoms with Gasteiger partial charge in [-0.3, -0.25) is 0 Å². The lowest BCUT2D eigenvalue weighted by Crippen LogP contribution is -2.30. The van der Waals surface area contributed by atoms with Crippen molar-refractivity contribution in [2.45, 2.75) is 25.0 Å². The standard InChI is InChI=1S/C13H17F2NO2/c14-10-4-1-5-11(15)13(10)12(17)8-16-7-9-3-2-6-18-9/h1,4-5,9,12,16-17H,2-3,6-8H2. The minimum Gasteiger partial charge on any atom is -0.387 e. The molecule has 0 radical (unpaired) electrons. The molecule has 0 saturated carbocycles. The lowest BCUT2D eigenvalue weighted by Gasteiger charge is -2.15. The number of nitrogens with one attached hydrogen (secondary N) is 1. The van der Waals surface area contributed by atoms with Crippen LogP contribution in [0.15, 0.2) is 18.2 Å². The molecule has 5 heteroatoms. The molecule has 0 aromatic heterocycles. The van der Waals surface area contributed by atoms with Gasteiger partial charge < -0.3 is 15.2 Å². The fraction of sp³-hybridized carbons (Fsp3) is 0.538. The molecule has 1 aromatic rings. The van der Waals surface area contributed by atoms with Gasteiger partial charge in [0.05, 0.1) is 17.8 Å². The second kappa shape index (κ2) is 6.22. The normalized spacial score (nSPS) is 21.2. The van der Waals surface area contributed by atoms with Crippen LogP contribution in [0.3, 0.4) is 0 Å². The molecule has 18 heavy (non-hydrogen) atoms. The van der Waals surface area contributed by atoms with Gasteiger partial charge in [0.15, 0.2) is 0 Å². The average Bonchev–Trinajstić information content (AvgIpc) is 2.82. The van der Waals surface area contributed by atoms with Gasteiger partial charge in [-0.05, 0) is 25.0 Å². The molecule has 1 aromatic carbocycles. The molecule has 0 spiro atoms. The molecule has 1 aliphatic rings. The first-order valence-corrected chi connectivity index (χ1v) is 6.13. The Hall–Kier alpha value is -1.04. The van der Waals surface area contributed by atoms with Gasteiger partial charge in [-0.2, -0.15) is 0 Å². The molecule has 1 aliphatic heterocycles. The summed E-state index contributed by atoms with van der Waals surface area (Å²) in [5.41, 5.74) is -0.280. The monoisotopic (exact) mass is 257 g/mol. The summed E-state index contributed by atoms with van der Waals surface area (Å²) in [6, 6.07) is 3.56. The van der Waals surface area contributed by atoms with Gasteiger partial charge >= 0.3 is 0 Å². The third-order valence-corrected chi connectivity index (χ3v) is 3.07. The van der Waals surface area contributed by atoms with Gasteiger partial charge in [0.1, 0.15) is 11.6 Å². The van der Waals surface area contributed by atoms with Crippen LogP contribution in [0.25, 0.3) is 0 Å². The van der Waals surface area contributed by atoms with Crippen molar-refractivity contribution >= 4 is 0 Å². The number of ether oxygens (including phenoxy) is 1. The highest BCUT2D eigenvalue weighted by Gasteiger charge is 2.19. The van der Waals surface area contributed by atoms with Crippen LogP contribution in [0.4, 0.5) is 8.78 Å². The highest BCUT2D eigenvalue weighted by molar-refractivity contribution is 5.22. The third-order valence-electron chi connectivity index (χ3n) is 3.07. The van der Waals surface area contributed by atoms with E-state index in [9.17, 15) is 13.9 Å². The molecule has 0 bridgehead atoms. The van der Waals surface area contributed by atoms with Crippen molar-refractivity contribution in [1.82, 2.24) is 5.32 Å². The predicted molar refractivity (Wildman–Crippen MR) is 63.2 cm³/mol. The molecule has 100 valence electrons. The van der Waals surface area contributed by atoms with Crippen molar-refractivity contribution in [3.8, 4) is 0 Å². The zero-order chi connectivity index (χ0) is 13.0. The lowest BCUT2D eigenvalue weighted by molar-refractivity contribution is 0.102. The summed E-state index contributed by atoms with van der Waals surface area (Å²) >= 11 is 0. The predicted octanol–water partition coefficient (Wildman–Crippen LogP) is 1.77. The second-order valence-electron chi connectivity index (χ2n) is 4.44. The van der Waals surface area contributed by atoms with Crippen LogP contribution in [0.5, 0.6) is 0 Å². The number of rotatable bonds is 5. The van der Waals surface area contributed by atoms with E-state index in [4.69, 9.17) is 4.74 Å². The van der Waals surface area contributed by atoms with Crippen LogP contribution >= 0.6 is 0 Å². The number of aliphatic hydroxyl groups excluding tert-OH is 1. The fourth-order valence-corrected chi connectivity index (χ4v) is 2.12. The van der Waals surface area contributed by atoms with Gasteiger partial charge in [-0.25, -0.2) is 8.78 Å². The Balaban J connectivity index is 1.85. The zero-order valence-corrected chi connectivity index (χ0v) is 10.0. The largest absolute Gasteiger partial charge is 0.387 e. The Morgan fingerprint density at radius 2 is 2.11 bits per heavy atom. The maximum absolute atomic E-state index is 13.4. The first kappa shape index (κ1) is 13.4. The molecule has 1 fully saturated rings. The summed E-state index contributed by atoms with van der Waals surface area (Å²) in [5.74, 6) is -1.44. The maximum atomic E-state index is 13.4. The molecule has 0 amide bonds. The smallest absolute Gasteiger partial charge is 0.131 e. The fourth-order valence-electron chi connectivity index (χ4n) is 2.12. The second-order valence-corrected chi connectivity index (χ2v) is 4.44. The van der Waals surface area contributed by atoms with Gasteiger partial charge in [-0.1, -0.05) is 6.07 Å². The molecule has 2 unspecified atom stereocenters. The third kappa shape index (κ3) is 3.25. The van der Waals surface area contributed by atoms with E-state index < -0.39 is 17.7 Å². The summed E-state index contributed by atoms with van der Waals surface area (Å²) in [7, 11) is 0. The average molecular weight is 257 g/mol. The summed E-state index contributed by atoms with van der Waals surface area (Å²) in [6.07, 6.45) is 0.976. The number of aliphatic hydroxyl groups is 1. The van der Waals surface area contributed by atoms with Crippen molar-refractivity contribution in [3.63, 3.8) is 0 Å². The van der Waals surface area contributed by atoms with Gasteiger partial charge in [0.25, 0.3) is 0 Å². The van der Waals surface area contributed by atoms with Crippen LogP contribution in [0, 0.1) is 11.6 Å². The van der Waals surface area contributed by atoms with E-state index in [-0.39, 0.29) is 18.2 Å². The van der Waals surface area contributed by atoms with Crippen molar-refractivity contribution in [2.24, 2.45) is 0 Å². The Morgan fingerprint density at radius 3 is 2.72 bits per heavy atom. The molecule has 1 heterocycles. The van der Waals surface area contributed by atoms with Crippen molar-refractivity contribution in [3.05, 3.63) is 35.4 Å². The first-order chi connectivity index (χ1) is 8.68. The molecule has 1 saturated heterocycles. The summed E-state index contributed by atoms with van der Waals surface area (Å²) < 4.78 is 32.1. The van der Waals surface area contributed by atoms with Gasteiger partial charge in [0, 0.05) is 19.7 Å². The molecular weight excluding hydrogens is 240 g/mol. The lowest BCUT2D eigenvalue weighted by atomic mass is 10.1. The number of hydrogen-bond donors (Lipinski definition) is 2. The highest BCUT2D eigenvalue weighted by Crippen LogP contribution is 2.20. The maximum Gasteiger partial charge on any atom is 0.131 e. The van der Waals surface area contributed by atoms with E-state index in [0.29, 0.717) is 6.54 Å². The van der Waals surface area contributed by atoms with E-state index >= 15 is 0 Å². The quantitative estimate of drug-likeness (QED) is 0.844. The summed E-state index contributed by atoms with van der Waals surface area (Å²) in [6.45, 7) is 1.46. The van der Waals surface area contributed by atoms with E-state index in [1.165, 1.54) is 6.07 Å². The number of hydrogen-bond acceptors (Lipinski definition) is 3. The SMILES string of the molecule is OC(CNCC1CCCO1)c1c(F)cccc1F. The molecule has 0 aliphatic carbocycles. The van der Waals surface area contributed by atoms with Crippen LogP contribution in [0.1, 0.15) is 24.5 Å². The van der Waals surface area contributed by atoms with E-state index in [1.54, 1.807) is 0 Å². The summed E-state index contributed by atoms with van der Waals surface area (Å²) in [4.78, 5) is 0. The van der Waals surface area contributed by atoms with Gasteiger partial charge in [0.2, 0.25) is 0 Å². The van der Waals surface area contributed by atoms with Crippen LogP contribution in [-0.4, -0.2) is 30.9 Å². The van der Waals surface area contributed by atoms with Crippen LogP contribution in [-0.2, 0) is 4.74 Å². The molecule has 3 nitrogen and oxygen atoms in total. The summed E-state index contributed by atoms with van der Waals surface area (Å²) in [5, 5.41) is 12.7. The molecular formula is C13H17F2NO2. The van der Waals surface area contributed by atoms with E-state index in [2.05, 4.69) is 5.32 Å². The van der Waals surface area contributed by atoms with E-state index in [1.807, 2.05) is 0 Å². The van der Waals surface area contributed by atoms with E-state index in [0.717, 1.165) is 31.6 Å². The molecule has 2 N–H and O–H groups in total. The van der Waals surface area contributed by atoms with Crippen LogP contribution < -0.4 is 5.32 Å².